The summed E-state index contributed by atoms with van der Waals surface area (Å²) in [5.41, 5.74) is -1.04. The van der Waals surface area contributed by atoms with Crippen molar-refractivity contribution in [3.8, 4) is 0 Å². The van der Waals surface area contributed by atoms with E-state index in [0.717, 1.165) is 12.1 Å². The van der Waals surface area contributed by atoms with Gasteiger partial charge in [-0.2, -0.15) is 18.3 Å². The summed E-state index contributed by atoms with van der Waals surface area (Å²) in [6.45, 7) is 0. The number of carbonyl (C=O) groups is 1. The van der Waals surface area contributed by atoms with Gasteiger partial charge in [0.1, 0.15) is 0 Å². The highest BCUT2D eigenvalue weighted by atomic mass is 19.4. The molecule has 0 aliphatic carbocycles. The fourth-order valence-corrected chi connectivity index (χ4v) is 1.61. The van der Waals surface area contributed by atoms with Crippen LogP contribution < -0.4 is 5.32 Å². The maximum Gasteiger partial charge on any atom is 0.417 e. The third-order valence-electron chi connectivity index (χ3n) is 2.44. The zero-order valence-electron chi connectivity index (χ0n) is 9.90. The van der Waals surface area contributed by atoms with E-state index >= 15 is 0 Å². The molecule has 2 rings (SSSR count). The second kappa shape index (κ2) is 4.75. The van der Waals surface area contributed by atoms with Gasteiger partial charge in [-0.3, -0.25) is 9.48 Å². The van der Waals surface area contributed by atoms with Gasteiger partial charge in [0.25, 0.3) is 5.91 Å². The molecule has 4 nitrogen and oxygen atoms in total. The van der Waals surface area contributed by atoms with E-state index in [-0.39, 0.29) is 0 Å². The molecule has 0 bridgehead atoms. The van der Waals surface area contributed by atoms with Crippen LogP contribution in [0.4, 0.5) is 18.9 Å². The van der Waals surface area contributed by atoms with Crippen LogP contribution in [0.5, 0.6) is 0 Å². The van der Waals surface area contributed by atoms with Crippen molar-refractivity contribution in [1.82, 2.24) is 9.78 Å². The van der Waals surface area contributed by atoms with Crippen LogP contribution in [0, 0.1) is 0 Å². The Kier molecular flexibility index (Phi) is 3.28. The van der Waals surface area contributed by atoms with Crippen LogP contribution >= 0.6 is 0 Å². The minimum absolute atomic E-state index is 0.337. The molecular weight excluding hydrogens is 259 g/mol. The number of nitrogens with zero attached hydrogens (tertiary/aromatic N) is 2. The number of anilines is 1. The number of benzene rings is 1. The maximum absolute atomic E-state index is 12.8. The monoisotopic (exact) mass is 269 g/mol. The van der Waals surface area contributed by atoms with E-state index in [2.05, 4.69) is 10.4 Å². The number of amides is 1. The van der Waals surface area contributed by atoms with E-state index in [4.69, 9.17) is 0 Å². The van der Waals surface area contributed by atoms with Crippen LogP contribution in [0.1, 0.15) is 15.9 Å². The van der Waals surface area contributed by atoms with E-state index in [1.165, 1.54) is 29.2 Å². The lowest BCUT2D eigenvalue weighted by Gasteiger charge is -2.11. The molecule has 0 unspecified atom stereocenters. The summed E-state index contributed by atoms with van der Waals surface area (Å²) in [5, 5.41) is 6.18. The zero-order valence-corrected chi connectivity index (χ0v) is 9.90. The molecule has 7 heteroatoms. The van der Waals surface area contributed by atoms with Gasteiger partial charge in [0, 0.05) is 13.2 Å². The number of aromatic nitrogens is 2. The summed E-state index contributed by atoms with van der Waals surface area (Å²) < 4.78 is 39.7. The fraction of sp³-hybridized carbons (Fsp3) is 0.167. The van der Waals surface area contributed by atoms with Crippen LogP contribution in [-0.4, -0.2) is 15.7 Å². The van der Waals surface area contributed by atoms with E-state index in [1.54, 1.807) is 7.05 Å². The third-order valence-corrected chi connectivity index (χ3v) is 2.44. The van der Waals surface area contributed by atoms with Gasteiger partial charge < -0.3 is 5.32 Å². The molecule has 1 aromatic carbocycles. The Morgan fingerprint density at radius 1 is 1.32 bits per heavy atom. The predicted molar refractivity (Wildman–Crippen MR) is 62.6 cm³/mol. The van der Waals surface area contributed by atoms with Crippen LogP contribution in [-0.2, 0) is 13.2 Å². The van der Waals surface area contributed by atoms with Crippen LogP contribution in [0.2, 0.25) is 0 Å². The summed E-state index contributed by atoms with van der Waals surface area (Å²) in [7, 11) is 1.64. The summed E-state index contributed by atoms with van der Waals surface area (Å²) >= 11 is 0. The zero-order chi connectivity index (χ0) is 14.0. The second-order valence-electron chi connectivity index (χ2n) is 3.90. The Labute approximate surface area is 106 Å². The van der Waals surface area contributed by atoms with Crippen molar-refractivity contribution in [1.29, 1.82) is 0 Å². The number of alkyl halides is 3. The van der Waals surface area contributed by atoms with Crippen molar-refractivity contribution in [2.75, 3.05) is 5.32 Å². The van der Waals surface area contributed by atoms with Gasteiger partial charge in [-0.05, 0) is 12.1 Å². The second-order valence-corrected chi connectivity index (χ2v) is 3.90. The van der Waals surface area contributed by atoms with Gasteiger partial charge in [0.05, 0.1) is 23.0 Å². The van der Waals surface area contributed by atoms with Gasteiger partial charge in [0.2, 0.25) is 0 Å². The molecule has 1 aromatic heterocycles. The highest BCUT2D eigenvalue weighted by Gasteiger charge is 2.34. The number of hydrogen-bond acceptors (Lipinski definition) is 2. The van der Waals surface area contributed by atoms with E-state index < -0.39 is 23.2 Å². The molecule has 1 heterocycles. The van der Waals surface area contributed by atoms with Crippen molar-refractivity contribution in [3.05, 3.63) is 47.8 Å². The maximum atomic E-state index is 12.8. The number of halogens is 3. The minimum atomic E-state index is -4.57. The quantitative estimate of drug-likeness (QED) is 0.911. The molecule has 2 aromatic rings. The standard InChI is InChI=1S/C12H10F3N3O/c1-18-7-8(6-16-18)17-11(19)9-4-2-3-5-10(9)12(13,14)15/h2-7H,1H3,(H,17,19). The first-order valence-electron chi connectivity index (χ1n) is 5.34. The number of hydrogen-bond donors (Lipinski definition) is 1. The summed E-state index contributed by atoms with van der Waals surface area (Å²) in [5.74, 6) is -0.819. The molecule has 0 aliphatic heterocycles. The van der Waals surface area contributed by atoms with Crippen molar-refractivity contribution in [2.24, 2.45) is 7.05 Å². The van der Waals surface area contributed by atoms with Gasteiger partial charge >= 0.3 is 6.18 Å². The van der Waals surface area contributed by atoms with Crippen LogP contribution in [0.25, 0.3) is 0 Å². The third kappa shape index (κ3) is 2.93. The molecule has 0 saturated heterocycles. The van der Waals surface area contributed by atoms with Crippen molar-refractivity contribution < 1.29 is 18.0 Å². The molecule has 19 heavy (non-hydrogen) atoms. The average molecular weight is 269 g/mol. The molecule has 0 radical (unpaired) electrons. The summed E-state index contributed by atoms with van der Waals surface area (Å²) in [4.78, 5) is 11.8. The summed E-state index contributed by atoms with van der Waals surface area (Å²) in [6, 6.07) is 4.63. The number of aryl methyl sites for hydroxylation is 1. The normalized spacial score (nSPS) is 11.4. The number of carbonyl (C=O) groups excluding carboxylic acids is 1. The molecule has 0 spiro atoms. The van der Waals surface area contributed by atoms with Gasteiger partial charge in [-0.25, -0.2) is 0 Å². The highest BCUT2D eigenvalue weighted by Crippen LogP contribution is 2.32. The SMILES string of the molecule is Cn1cc(NC(=O)c2ccccc2C(F)(F)F)cn1. The lowest BCUT2D eigenvalue weighted by molar-refractivity contribution is -0.137. The van der Waals surface area contributed by atoms with Gasteiger partial charge in [0.15, 0.2) is 0 Å². The lowest BCUT2D eigenvalue weighted by Crippen LogP contribution is -2.18. The molecule has 1 amide bonds. The highest BCUT2D eigenvalue weighted by molar-refractivity contribution is 6.05. The van der Waals surface area contributed by atoms with Crippen molar-refractivity contribution in [2.45, 2.75) is 6.18 Å². The molecule has 0 saturated carbocycles. The lowest BCUT2D eigenvalue weighted by atomic mass is 10.1. The van der Waals surface area contributed by atoms with E-state index in [1.807, 2.05) is 0 Å². The Bertz CT molecular complexity index is 604. The van der Waals surface area contributed by atoms with Crippen molar-refractivity contribution >= 4 is 11.6 Å². The topological polar surface area (TPSA) is 46.9 Å². The van der Waals surface area contributed by atoms with E-state index in [0.29, 0.717) is 5.69 Å². The van der Waals surface area contributed by atoms with Crippen LogP contribution in [0.15, 0.2) is 36.7 Å². The number of nitrogens with one attached hydrogen (secondary N) is 1. The molecule has 1 N–H and O–H groups in total. The largest absolute Gasteiger partial charge is 0.417 e. The molecule has 0 atom stereocenters. The summed E-state index contributed by atoms with van der Waals surface area (Å²) in [6.07, 6.45) is -1.72. The van der Waals surface area contributed by atoms with Gasteiger partial charge in [-0.15, -0.1) is 0 Å². The van der Waals surface area contributed by atoms with Crippen molar-refractivity contribution in [3.63, 3.8) is 0 Å². The first-order valence-corrected chi connectivity index (χ1v) is 5.34. The Balaban J connectivity index is 2.29. The average Bonchev–Trinajstić information content (AvgIpc) is 2.73. The predicted octanol–water partition coefficient (Wildman–Crippen LogP) is 2.69. The minimum Gasteiger partial charge on any atom is -0.319 e. The van der Waals surface area contributed by atoms with Gasteiger partial charge in [-0.1, -0.05) is 12.1 Å². The first kappa shape index (κ1) is 13.1. The molecule has 0 fully saturated rings. The van der Waals surface area contributed by atoms with E-state index in [9.17, 15) is 18.0 Å². The Hall–Kier alpha value is -2.31. The first-order chi connectivity index (χ1) is 8.88. The molecule has 0 aliphatic rings. The Morgan fingerprint density at radius 3 is 2.58 bits per heavy atom. The fourth-order valence-electron chi connectivity index (χ4n) is 1.61. The molecular formula is C12H10F3N3O. The smallest absolute Gasteiger partial charge is 0.319 e. The van der Waals surface area contributed by atoms with Crippen LogP contribution in [0.3, 0.4) is 0 Å². The Morgan fingerprint density at radius 2 is 2.00 bits per heavy atom. The number of rotatable bonds is 2. The molecule has 100 valence electrons.